The molecule has 1 amide bonds. The van der Waals surface area contributed by atoms with Gasteiger partial charge in [0.15, 0.2) is 11.6 Å². The van der Waals surface area contributed by atoms with Crippen LogP contribution in [0.1, 0.15) is 49.0 Å². The van der Waals surface area contributed by atoms with Crippen LogP contribution in [0, 0.1) is 18.6 Å². The van der Waals surface area contributed by atoms with E-state index in [2.05, 4.69) is 0 Å². The Morgan fingerprint density at radius 2 is 1.85 bits per heavy atom. The van der Waals surface area contributed by atoms with Crippen molar-refractivity contribution in [1.29, 1.82) is 0 Å². The molecule has 1 heterocycles. The zero-order valence-electron chi connectivity index (χ0n) is 11.8. The summed E-state index contributed by atoms with van der Waals surface area (Å²) in [4.78, 5) is 14.2. The predicted molar refractivity (Wildman–Crippen MR) is 75.0 cm³/mol. The summed E-state index contributed by atoms with van der Waals surface area (Å²) < 4.78 is 27.5. The third-order valence-corrected chi connectivity index (χ3v) is 4.47. The summed E-state index contributed by atoms with van der Waals surface area (Å²) in [5.41, 5.74) is 0.0241. The second-order valence-electron chi connectivity index (χ2n) is 5.52. The van der Waals surface area contributed by atoms with Crippen LogP contribution in [0.15, 0.2) is 6.07 Å². The van der Waals surface area contributed by atoms with E-state index in [0.29, 0.717) is 5.56 Å². The molecule has 20 heavy (non-hydrogen) atoms. The van der Waals surface area contributed by atoms with Crippen molar-refractivity contribution in [2.24, 2.45) is 0 Å². The zero-order valence-corrected chi connectivity index (χ0v) is 12.6. The van der Waals surface area contributed by atoms with Crippen molar-refractivity contribution < 1.29 is 13.6 Å². The van der Waals surface area contributed by atoms with Gasteiger partial charge in [-0.2, -0.15) is 0 Å². The summed E-state index contributed by atoms with van der Waals surface area (Å²) in [6.07, 6.45) is 2.76. The second-order valence-corrected chi connectivity index (χ2v) is 5.90. The first kappa shape index (κ1) is 15.2. The molecule has 0 saturated carbocycles. The summed E-state index contributed by atoms with van der Waals surface area (Å²) in [5, 5.41) is -0.00104. The number of hydrogen-bond acceptors (Lipinski definition) is 1. The van der Waals surface area contributed by atoms with Gasteiger partial charge in [0.25, 0.3) is 5.91 Å². The molecular weight excluding hydrogens is 284 g/mol. The second kappa shape index (κ2) is 5.68. The van der Waals surface area contributed by atoms with Crippen LogP contribution >= 0.6 is 11.6 Å². The molecule has 1 saturated heterocycles. The molecule has 1 aromatic rings. The van der Waals surface area contributed by atoms with Gasteiger partial charge in [0.2, 0.25) is 0 Å². The molecule has 2 atom stereocenters. The molecule has 0 aliphatic carbocycles. The maximum absolute atomic E-state index is 14.0. The topological polar surface area (TPSA) is 20.3 Å². The Morgan fingerprint density at radius 1 is 1.30 bits per heavy atom. The fourth-order valence-corrected chi connectivity index (χ4v) is 3.09. The Kier molecular flexibility index (Phi) is 4.33. The highest BCUT2D eigenvalue weighted by Gasteiger charge is 2.33. The summed E-state index contributed by atoms with van der Waals surface area (Å²) in [6.45, 7) is 5.40. The van der Waals surface area contributed by atoms with Crippen LogP contribution < -0.4 is 0 Å². The van der Waals surface area contributed by atoms with E-state index in [1.165, 1.54) is 0 Å². The number of piperidine rings is 1. The quantitative estimate of drug-likeness (QED) is 0.707. The van der Waals surface area contributed by atoms with E-state index < -0.39 is 17.5 Å². The number of aryl methyl sites for hydroxylation is 1. The minimum Gasteiger partial charge on any atom is -0.333 e. The summed E-state index contributed by atoms with van der Waals surface area (Å²) in [6, 6.07) is 1.02. The monoisotopic (exact) mass is 301 g/mol. The van der Waals surface area contributed by atoms with Gasteiger partial charge in [-0.1, -0.05) is 11.6 Å². The van der Waals surface area contributed by atoms with E-state index in [0.717, 1.165) is 25.3 Å². The van der Waals surface area contributed by atoms with Crippen molar-refractivity contribution in [3.05, 3.63) is 33.9 Å². The largest absolute Gasteiger partial charge is 0.333 e. The van der Waals surface area contributed by atoms with Gasteiger partial charge in [-0.15, -0.1) is 0 Å². The lowest BCUT2D eigenvalue weighted by Gasteiger charge is -2.39. The summed E-state index contributed by atoms with van der Waals surface area (Å²) in [5.74, 6) is -2.71. The van der Waals surface area contributed by atoms with Crippen molar-refractivity contribution in [3.63, 3.8) is 0 Å². The van der Waals surface area contributed by atoms with Gasteiger partial charge < -0.3 is 4.90 Å². The van der Waals surface area contributed by atoms with Gasteiger partial charge in [0, 0.05) is 12.1 Å². The van der Waals surface area contributed by atoms with E-state index in [1.54, 1.807) is 11.8 Å². The predicted octanol–water partition coefficient (Wildman–Crippen LogP) is 4.33. The molecule has 0 spiro atoms. The van der Waals surface area contributed by atoms with Crippen LogP contribution in [0.4, 0.5) is 8.78 Å². The Labute approximate surface area is 122 Å². The third kappa shape index (κ3) is 2.53. The molecule has 0 aromatic heterocycles. The number of benzene rings is 1. The fourth-order valence-electron chi connectivity index (χ4n) is 2.87. The van der Waals surface area contributed by atoms with Crippen LogP contribution in [0.3, 0.4) is 0 Å². The lowest BCUT2D eigenvalue weighted by atomic mass is 9.96. The molecule has 5 heteroatoms. The average molecular weight is 302 g/mol. The highest BCUT2D eigenvalue weighted by atomic mass is 35.5. The fraction of sp³-hybridized carbons (Fsp3) is 0.533. The maximum Gasteiger partial charge on any atom is 0.258 e. The van der Waals surface area contributed by atoms with Crippen molar-refractivity contribution in [1.82, 2.24) is 4.90 Å². The summed E-state index contributed by atoms with van der Waals surface area (Å²) in [7, 11) is 0. The van der Waals surface area contributed by atoms with Crippen molar-refractivity contribution in [3.8, 4) is 0 Å². The molecular formula is C15H18ClF2NO. The number of nitrogens with zero attached hydrogens (tertiary/aromatic N) is 1. The van der Waals surface area contributed by atoms with Crippen molar-refractivity contribution in [2.45, 2.75) is 52.1 Å². The molecule has 110 valence electrons. The van der Waals surface area contributed by atoms with E-state index in [9.17, 15) is 13.6 Å². The molecule has 1 aromatic carbocycles. The van der Waals surface area contributed by atoms with Gasteiger partial charge in [-0.3, -0.25) is 4.79 Å². The molecule has 0 radical (unpaired) electrons. The molecule has 0 unspecified atom stereocenters. The number of likely N-dealkylation sites (tertiary alicyclic amines) is 1. The van der Waals surface area contributed by atoms with E-state index in [1.807, 2.05) is 13.8 Å². The first-order valence-electron chi connectivity index (χ1n) is 6.81. The number of halogens is 3. The van der Waals surface area contributed by atoms with Crippen LogP contribution in [-0.2, 0) is 0 Å². The van der Waals surface area contributed by atoms with Gasteiger partial charge >= 0.3 is 0 Å². The molecule has 0 bridgehead atoms. The number of carbonyl (C=O) groups excluding carboxylic acids is 1. The Balaban J connectivity index is 2.48. The molecule has 2 nitrogen and oxygen atoms in total. The van der Waals surface area contributed by atoms with Crippen molar-refractivity contribution in [2.75, 3.05) is 0 Å². The number of amides is 1. The van der Waals surface area contributed by atoms with Crippen molar-refractivity contribution >= 4 is 17.5 Å². The SMILES string of the molecule is Cc1cc(F)c(F)c(C(=O)N2[C@@H](C)CCC[C@@H]2C)c1Cl. The Bertz CT molecular complexity index is 511. The molecule has 1 aliphatic heterocycles. The van der Waals surface area contributed by atoms with Crippen LogP contribution in [-0.4, -0.2) is 22.9 Å². The third-order valence-electron chi connectivity index (χ3n) is 3.98. The van der Waals surface area contributed by atoms with E-state index >= 15 is 0 Å². The highest BCUT2D eigenvalue weighted by molar-refractivity contribution is 6.34. The number of hydrogen-bond donors (Lipinski definition) is 0. The lowest BCUT2D eigenvalue weighted by molar-refractivity contribution is 0.0505. The summed E-state index contributed by atoms with van der Waals surface area (Å²) >= 11 is 6.03. The Morgan fingerprint density at radius 3 is 2.40 bits per heavy atom. The minimum atomic E-state index is -1.16. The molecule has 1 aliphatic rings. The number of rotatable bonds is 1. The Hall–Kier alpha value is -1.16. The highest BCUT2D eigenvalue weighted by Crippen LogP contribution is 2.31. The number of carbonyl (C=O) groups is 1. The van der Waals surface area contributed by atoms with Gasteiger partial charge in [0.05, 0.1) is 10.6 Å². The molecule has 2 rings (SSSR count). The smallest absolute Gasteiger partial charge is 0.258 e. The molecule has 1 fully saturated rings. The van der Waals surface area contributed by atoms with Crippen LogP contribution in [0.25, 0.3) is 0 Å². The first-order valence-corrected chi connectivity index (χ1v) is 7.19. The van der Waals surface area contributed by atoms with Crippen LogP contribution in [0.5, 0.6) is 0 Å². The van der Waals surface area contributed by atoms with Crippen LogP contribution in [0.2, 0.25) is 5.02 Å². The van der Waals surface area contributed by atoms with E-state index in [4.69, 9.17) is 11.6 Å². The maximum atomic E-state index is 14.0. The molecule has 0 N–H and O–H groups in total. The minimum absolute atomic E-state index is 0.00104. The lowest BCUT2D eigenvalue weighted by Crippen LogP contribution is -2.47. The normalized spacial score (nSPS) is 23.0. The zero-order chi connectivity index (χ0) is 15.0. The van der Waals surface area contributed by atoms with Gasteiger partial charge in [-0.25, -0.2) is 8.78 Å². The first-order chi connectivity index (χ1) is 9.34. The average Bonchev–Trinajstić information content (AvgIpc) is 2.36. The van der Waals surface area contributed by atoms with Gasteiger partial charge in [-0.05, 0) is 51.7 Å². The standard InChI is InChI=1S/C15H18ClF2NO/c1-8-7-11(17)14(18)12(13(8)16)15(20)19-9(2)5-4-6-10(19)3/h7,9-10H,4-6H2,1-3H3/t9-,10-/m0/s1. The van der Waals surface area contributed by atoms with Gasteiger partial charge in [0.1, 0.15) is 0 Å². The van der Waals surface area contributed by atoms with E-state index in [-0.39, 0.29) is 22.7 Å².